The fourth-order valence-corrected chi connectivity index (χ4v) is 2.81. The molecule has 0 aliphatic rings. The van der Waals surface area contributed by atoms with Gasteiger partial charge in [-0.15, -0.1) is 11.3 Å². The molecule has 0 aliphatic carbocycles. The highest BCUT2D eigenvalue weighted by Crippen LogP contribution is 2.23. The summed E-state index contributed by atoms with van der Waals surface area (Å²) in [6.45, 7) is 2.64. The van der Waals surface area contributed by atoms with Crippen molar-refractivity contribution in [3.8, 4) is 0 Å². The SMILES string of the molecule is CCC(CC(=O)NCCc1cscn1)c1ccc(F)cc1. The third-order valence-corrected chi connectivity index (χ3v) is 4.09. The van der Waals surface area contributed by atoms with E-state index in [1.165, 1.54) is 12.1 Å². The zero-order valence-electron chi connectivity index (χ0n) is 12.0. The first-order valence-corrected chi connectivity index (χ1v) is 8.02. The first kappa shape index (κ1) is 15.6. The van der Waals surface area contributed by atoms with Crippen LogP contribution in [0, 0.1) is 5.82 Å². The van der Waals surface area contributed by atoms with E-state index in [1.807, 2.05) is 12.3 Å². The largest absolute Gasteiger partial charge is 0.356 e. The molecule has 1 aromatic heterocycles. The van der Waals surface area contributed by atoms with Crippen LogP contribution in [0.1, 0.15) is 36.9 Å². The topological polar surface area (TPSA) is 42.0 Å². The number of rotatable bonds is 7. The van der Waals surface area contributed by atoms with Crippen LogP contribution in [0.25, 0.3) is 0 Å². The van der Waals surface area contributed by atoms with Gasteiger partial charge < -0.3 is 5.32 Å². The summed E-state index contributed by atoms with van der Waals surface area (Å²) in [7, 11) is 0. The van der Waals surface area contributed by atoms with Crippen LogP contribution in [0.3, 0.4) is 0 Å². The molecule has 0 fully saturated rings. The summed E-state index contributed by atoms with van der Waals surface area (Å²) in [6.07, 6.45) is 2.03. The maximum Gasteiger partial charge on any atom is 0.220 e. The van der Waals surface area contributed by atoms with Gasteiger partial charge in [-0.3, -0.25) is 4.79 Å². The summed E-state index contributed by atoms with van der Waals surface area (Å²) < 4.78 is 12.9. The zero-order valence-corrected chi connectivity index (χ0v) is 12.8. The van der Waals surface area contributed by atoms with Gasteiger partial charge >= 0.3 is 0 Å². The van der Waals surface area contributed by atoms with Gasteiger partial charge in [0.2, 0.25) is 5.91 Å². The van der Waals surface area contributed by atoms with Crippen LogP contribution in [0.5, 0.6) is 0 Å². The van der Waals surface area contributed by atoms with Crippen molar-refractivity contribution in [2.75, 3.05) is 6.54 Å². The first-order chi connectivity index (χ1) is 10.2. The number of nitrogens with one attached hydrogen (secondary N) is 1. The van der Waals surface area contributed by atoms with Gasteiger partial charge in [0.15, 0.2) is 0 Å². The maximum atomic E-state index is 12.9. The number of thiazole rings is 1. The van der Waals surface area contributed by atoms with Gasteiger partial charge in [-0.05, 0) is 30.0 Å². The van der Waals surface area contributed by atoms with Crippen LogP contribution >= 0.6 is 11.3 Å². The molecule has 1 aromatic carbocycles. The van der Waals surface area contributed by atoms with Gasteiger partial charge in [-0.1, -0.05) is 19.1 Å². The number of amides is 1. The van der Waals surface area contributed by atoms with E-state index in [-0.39, 0.29) is 17.6 Å². The third kappa shape index (κ3) is 4.93. The summed E-state index contributed by atoms with van der Waals surface area (Å²) in [5, 5.41) is 4.90. The lowest BCUT2D eigenvalue weighted by atomic mass is 9.93. The average molecular weight is 306 g/mol. The molecule has 5 heteroatoms. The lowest BCUT2D eigenvalue weighted by Crippen LogP contribution is -2.27. The fraction of sp³-hybridized carbons (Fsp3) is 0.375. The van der Waals surface area contributed by atoms with Crippen molar-refractivity contribution in [3.05, 3.63) is 52.2 Å². The Labute approximate surface area is 128 Å². The molecule has 1 amide bonds. The van der Waals surface area contributed by atoms with Crippen molar-refractivity contribution in [2.24, 2.45) is 0 Å². The number of carbonyl (C=O) groups excluding carboxylic acids is 1. The Morgan fingerprint density at radius 2 is 2.14 bits per heavy atom. The van der Waals surface area contributed by atoms with Gasteiger partial charge in [0.25, 0.3) is 0 Å². The Hall–Kier alpha value is -1.75. The Kier molecular flexibility index (Phi) is 5.87. The highest BCUT2D eigenvalue weighted by atomic mass is 32.1. The Morgan fingerprint density at radius 1 is 1.38 bits per heavy atom. The molecule has 21 heavy (non-hydrogen) atoms. The quantitative estimate of drug-likeness (QED) is 0.850. The Bertz CT molecular complexity index is 554. The monoisotopic (exact) mass is 306 g/mol. The molecule has 0 aliphatic heterocycles. The molecule has 2 aromatic rings. The van der Waals surface area contributed by atoms with Crippen molar-refractivity contribution in [1.82, 2.24) is 10.3 Å². The van der Waals surface area contributed by atoms with E-state index in [4.69, 9.17) is 0 Å². The van der Waals surface area contributed by atoms with Crippen LogP contribution in [0.4, 0.5) is 4.39 Å². The van der Waals surface area contributed by atoms with Crippen LogP contribution in [-0.2, 0) is 11.2 Å². The normalized spacial score (nSPS) is 12.1. The molecule has 1 N–H and O–H groups in total. The number of benzene rings is 1. The molecule has 0 bridgehead atoms. The molecular formula is C16H19FN2OS. The minimum Gasteiger partial charge on any atom is -0.356 e. The molecule has 0 spiro atoms. The van der Waals surface area contributed by atoms with Gasteiger partial charge in [0, 0.05) is 24.8 Å². The minimum atomic E-state index is -0.249. The molecule has 1 atom stereocenters. The summed E-state index contributed by atoms with van der Waals surface area (Å²) >= 11 is 1.56. The van der Waals surface area contributed by atoms with Crippen molar-refractivity contribution >= 4 is 17.2 Å². The summed E-state index contributed by atoms with van der Waals surface area (Å²) in [5.74, 6) is -0.0902. The number of hydrogen-bond acceptors (Lipinski definition) is 3. The second-order valence-corrected chi connectivity index (χ2v) is 5.66. The fourth-order valence-electron chi connectivity index (χ4n) is 2.22. The second kappa shape index (κ2) is 7.88. The van der Waals surface area contributed by atoms with Crippen molar-refractivity contribution < 1.29 is 9.18 Å². The standard InChI is InChI=1S/C16H19FN2OS/c1-2-12(13-3-5-14(17)6-4-13)9-16(20)18-8-7-15-10-21-11-19-15/h3-6,10-12H,2,7-9H2,1H3,(H,18,20). The number of nitrogens with zero attached hydrogens (tertiary/aromatic N) is 1. The molecule has 0 saturated carbocycles. The highest BCUT2D eigenvalue weighted by Gasteiger charge is 2.14. The lowest BCUT2D eigenvalue weighted by molar-refractivity contribution is -0.121. The lowest BCUT2D eigenvalue weighted by Gasteiger charge is -2.15. The van der Waals surface area contributed by atoms with Crippen LogP contribution in [0.2, 0.25) is 0 Å². The molecule has 1 unspecified atom stereocenters. The van der Waals surface area contributed by atoms with E-state index in [2.05, 4.69) is 10.3 Å². The summed E-state index contributed by atoms with van der Waals surface area (Å²) in [4.78, 5) is 16.2. The highest BCUT2D eigenvalue weighted by molar-refractivity contribution is 7.07. The smallest absolute Gasteiger partial charge is 0.220 e. The summed E-state index contributed by atoms with van der Waals surface area (Å²) in [5.41, 5.74) is 3.80. The molecule has 112 valence electrons. The van der Waals surface area contributed by atoms with Gasteiger partial charge in [0.1, 0.15) is 5.82 Å². The summed E-state index contributed by atoms with van der Waals surface area (Å²) in [6, 6.07) is 6.40. The van der Waals surface area contributed by atoms with Gasteiger partial charge in [-0.2, -0.15) is 0 Å². The number of carbonyl (C=O) groups is 1. The van der Waals surface area contributed by atoms with E-state index in [1.54, 1.807) is 29.0 Å². The van der Waals surface area contributed by atoms with Gasteiger partial charge in [-0.25, -0.2) is 9.37 Å². The van der Waals surface area contributed by atoms with Gasteiger partial charge in [0.05, 0.1) is 11.2 Å². The third-order valence-electron chi connectivity index (χ3n) is 3.45. The van der Waals surface area contributed by atoms with E-state index in [0.717, 1.165) is 24.1 Å². The zero-order chi connectivity index (χ0) is 15.1. The Balaban J connectivity index is 1.80. The predicted octanol–water partition coefficient (Wildman–Crippen LogP) is 3.52. The molecule has 2 rings (SSSR count). The van der Waals surface area contributed by atoms with E-state index >= 15 is 0 Å². The predicted molar refractivity (Wildman–Crippen MR) is 82.9 cm³/mol. The second-order valence-electron chi connectivity index (χ2n) is 4.94. The number of hydrogen-bond donors (Lipinski definition) is 1. The van der Waals surface area contributed by atoms with E-state index < -0.39 is 0 Å². The molecule has 1 heterocycles. The molecular weight excluding hydrogens is 287 g/mol. The van der Waals surface area contributed by atoms with Crippen LogP contribution in [0.15, 0.2) is 35.2 Å². The van der Waals surface area contributed by atoms with Crippen molar-refractivity contribution in [2.45, 2.75) is 32.1 Å². The average Bonchev–Trinajstić information content (AvgIpc) is 2.99. The van der Waals surface area contributed by atoms with Crippen LogP contribution < -0.4 is 5.32 Å². The van der Waals surface area contributed by atoms with Crippen molar-refractivity contribution in [3.63, 3.8) is 0 Å². The maximum absolute atomic E-state index is 12.9. The molecule has 0 radical (unpaired) electrons. The molecule has 3 nitrogen and oxygen atoms in total. The number of aromatic nitrogens is 1. The number of halogens is 1. The Morgan fingerprint density at radius 3 is 2.76 bits per heavy atom. The first-order valence-electron chi connectivity index (χ1n) is 7.08. The minimum absolute atomic E-state index is 0.0291. The van der Waals surface area contributed by atoms with Crippen molar-refractivity contribution in [1.29, 1.82) is 0 Å². The molecule has 0 saturated heterocycles. The van der Waals surface area contributed by atoms with E-state index in [0.29, 0.717) is 13.0 Å². The van der Waals surface area contributed by atoms with Crippen LogP contribution in [-0.4, -0.2) is 17.4 Å². The van der Waals surface area contributed by atoms with E-state index in [9.17, 15) is 9.18 Å².